The number of thiazole rings is 1. The smallest absolute Gasteiger partial charge is 0.370 e. The first-order chi connectivity index (χ1) is 14.1. The van der Waals surface area contributed by atoms with Gasteiger partial charge in [-0.3, -0.25) is 9.45 Å². The van der Waals surface area contributed by atoms with Crippen LogP contribution in [0.25, 0.3) is 15.6 Å². The molecule has 2 aromatic heterocycles. The zero-order chi connectivity index (χ0) is 21.6. The van der Waals surface area contributed by atoms with Gasteiger partial charge in [0.05, 0.1) is 16.0 Å². The predicted octanol–water partition coefficient (Wildman–Crippen LogP) is 3.75. The van der Waals surface area contributed by atoms with Crippen molar-refractivity contribution in [2.45, 2.75) is 10.8 Å². The molecule has 0 amide bonds. The highest BCUT2D eigenvalue weighted by Gasteiger charge is 2.33. The number of hydrogen-bond acceptors (Lipinski definition) is 8. The number of thioether (sulfide) groups is 1. The van der Waals surface area contributed by atoms with E-state index in [4.69, 9.17) is 16.3 Å². The molecular formula is C17H14ClN2O6S4+. The van der Waals surface area contributed by atoms with E-state index in [-0.39, 0.29) is 12.4 Å². The molecule has 158 valence electrons. The molecule has 0 saturated heterocycles. The van der Waals surface area contributed by atoms with Crippen molar-refractivity contribution in [3.63, 3.8) is 0 Å². The summed E-state index contributed by atoms with van der Waals surface area (Å²) in [7, 11) is -4.38. The van der Waals surface area contributed by atoms with Crippen molar-refractivity contribution in [1.82, 2.24) is 0 Å². The second kappa shape index (κ2) is 8.02. The zero-order valence-corrected chi connectivity index (χ0v) is 19.3. The van der Waals surface area contributed by atoms with Crippen LogP contribution in [0.5, 0.6) is 5.75 Å². The van der Waals surface area contributed by atoms with Crippen LogP contribution < -0.4 is 14.2 Å². The molecule has 3 aromatic rings. The molecule has 13 heteroatoms. The molecule has 0 radical (unpaired) electrons. The van der Waals surface area contributed by atoms with Crippen molar-refractivity contribution in [3.05, 3.63) is 40.2 Å². The topological polar surface area (TPSA) is 108 Å². The van der Waals surface area contributed by atoms with Gasteiger partial charge in [-0.25, -0.2) is 4.79 Å². The molecule has 30 heavy (non-hydrogen) atoms. The van der Waals surface area contributed by atoms with E-state index in [1.165, 1.54) is 33.6 Å². The summed E-state index contributed by atoms with van der Waals surface area (Å²) in [6, 6.07) is 6.71. The molecule has 1 aliphatic rings. The van der Waals surface area contributed by atoms with Gasteiger partial charge in [0.15, 0.2) is 11.6 Å². The Balaban J connectivity index is 1.84. The van der Waals surface area contributed by atoms with Gasteiger partial charge in [-0.2, -0.15) is 13.0 Å². The Kier molecular flexibility index (Phi) is 5.72. The molecule has 0 atom stereocenters. The maximum atomic E-state index is 11.6. The summed E-state index contributed by atoms with van der Waals surface area (Å²) in [5, 5.41) is 10.3. The summed E-state index contributed by atoms with van der Waals surface area (Å²) in [4.78, 5) is 13.5. The second-order valence-electron chi connectivity index (χ2n) is 6.19. The number of thiophene rings is 1. The highest BCUT2D eigenvalue weighted by molar-refractivity contribution is 8.00. The minimum atomic E-state index is -4.38. The predicted molar refractivity (Wildman–Crippen MR) is 118 cm³/mol. The molecular weight excluding hydrogens is 492 g/mol. The van der Waals surface area contributed by atoms with Crippen molar-refractivity contribution in [2.24, 2.45) is 0 Å². The zero-order valence-electron chi connectivity index (χ0n) is 15.2. The quantitative estimate of drug-likeness (QED) is 0.296. The van der Waals surface area contributed by atoms with Gasteiger partial charge in [0.1, 0.15) is 4.70 Å². The fourth-order valence-electron chi connectivity index (χ4n) is 2.95. The third kappa shape index (κ3) is 4.29. The van der Waals surface area contributed by atoms with Gasteiger partial charge in [0.2, 0.25) is 12.4 Å². The molecule has 0 saturated carbocycles. The lowest BCUT2D eigenvalue weighted by molar-refractivity contribution is -0.655. The third-order valence-corrected chi connectivity index (χ3v) is 8.36. The first-order valence-electron chi connectivity index (χ1n) is 8.28. The van der Waals surface area contributed by atoms with E-state index >= 15 is 0 Å². The fourth-order valence-corrected chi connectivity index (χ4v) is 6.80. The molecule has 4 rings (SSSR count). The minimum Gasteiger partial charge on any atom is -0.477 e. The molecule has 3 heterocycles. The Bertz CT molecular complexity index is 1300. The summed E-state index contributed by atoms with van der Waals surface area (Å²) in [6.07, 6.45) is 3.51. The van der Waals surface area contributed by atoms with Crippen molar-refractivity contribution in [3.8, 4) is 5.75 Å². The SMILES string of the molecule is CSc1cc2sc(/C=C3\Oc4ccc(Cl)cc4N3CS(=O)(=O)O)[n+](CC(=O)O)c2s1. The summed E-state index contributed by atoms with van der Waals surface area (Å²) in [6.45, 7) is -0.259. The van der Waals surface area contributed by atoms with Crippen LogP contribution in [0.2, 0.25) is 5.02 Å². The Labute approximate surface area is 188 Å². The van der Waals surface area contributed by atoms with Crippen molar-refractivity contribution >= 4 is 83.4 Å². The number of nitrogens with zero attached hydrogens (tertiary/aromatic N) is 2. The van der Waals surface area contributed by atoms with E-state index in [2.05, 4.69) is 0 Å². The van der Waals surface area contributed by atoms with Crippen molar-refractivity contribution in [2.75, 3.05) is 17.0 Å². The molecule has 0 fully saturated rings. The van der Waals surface area contributed by atoms with Gasteiger partial charge in [0, 0.05) is 5.02 Å². The van der Waals surface area contributed by atoms with E-state index in [0.29, 0.717) is 21.5 Å². The maximum Gasteiger partial charge on any atom is 0.370 e. The third-order valence-electron chi connectivity index (χ3n) is 4.11. The van der Waals surface area contributed by atoms with Gasteiger partial charge in [0.25, 0.3) is 20.0 Å². The van der Waals surface area contributed by atoms with Crippen LogP contribution in [0.4, 0.5) is 5.69 Å². The van der Waals surface area contributed by atoms with Crippen LogP contribution in [-0.4, -0.2) is 36.2 Å². The fraction of sp³-hybridized carbons (Fsp3) is 0.176. The van der Waals surface area contributed by atoms with Gasteiger partial charge in [-0.15, -0.1) is 11.8 Å². The van der Waals surface area contributed by atoms with Crippen LogP contribution in [0.1, 0.15) is 5.01 Å². The monoisotopic (exact) mass is 505 g/mol. The normalized spacial score (nSPS) is 15.0. The van der Waals surface area contributed by atoms with Crippen LogP contribution >= 0.6 is 46.0 Å². The van der Waals surface area contributed by atoms with E-state index in [9.17, 15) is 22.9 Å². The average Bonchev–Trinajstić information content (AvgIpc) is 3.28. The van der Waals surface area contributed by atoms with Gasteiger partial charge in [-0.05, 0) is 30.5 Å². The van der Waals surface area contributed by atoms with Gasteiger partial charge >= 0.3 is 5.97 Å². The number of benzene rings is 1. The standard InChI is InChI=1S/C17H13ClN2O6S4/c1-27-16-5-12-17(29-16)19(7-15(21)22)14(28-12)6-13-20(8-30(23,24)25)10-4-9(18)2-3-11(10)26-13/h2-6H,7-8H2,1H3,(H-,21,22,23,24,25)/p+1. The number of anilines is 1. The number of carboxylic acids is 1. The maximum absolute atomic E-state index is 11.6. The van der Waals surface area contributed by atoms with Crippen molar-refractivity contribution < 1.29 is 32.2 Å². The minimum absolute atomic E-state index is 0.142. The van der Waals surface area contributed by atoms with E-state index in [1.807, 2.05) is 12.3 Å². The van der Waals surface area contributed by atoms with E-state index < -0.39 is 22.0 Å². The largest absolute Gasteiger partial charge is 0.477 e. The first kappa shape index (κ1) is 21.4. The number of aliphatic carboxylic acids is 1. The summed E-state index contributed by atoms with van der Waals surface area (Å²) in [5.74, 6) is -1.22. The highest BCUT2D eigenvalue weighted by atomic mass is 35.5. The van der Waals surface area contributed by atoms with Crippen molar-refractivity contribution in [1.29, 1.82) is 0 Å². The van der Waals surface area contributed by atoms with Crippen LogP contribution in [0.3, 0.4) is 0 Å². The number of rotatable bonds is 6. The van der Waals surface area contributed by atoms with Gasteiger partial charge in [-0.1, -0.05) is 34.3 Å². The lowest BCUT2D eigenvalue weighted by Crippen LogP contribution is -2.39. The number of carboxylic acid groups (broad SMARTS) is 1. The summed E-state index contributed by atoms with van der Waals surface area (Å²) < 4.78 is 42.0. The summed E-state index contributed by atoms with van der Waals surface area (Å²) >= 11 is 10.5. The number of ether oxygens (including phenoxy) is 1. The molecule has 1 aliphatic heterocycles. The molecule has 2 N–H and O–H groups in total. The Hall–Kier alpha value is -1.83. The van der Waals surface area contributed by atoms with Gasteiger partial charge < -0.3 is 9.84 Å². The lowest BCUT2D eigenvalue weighted by Gasteiger charge is -2.15. The molecule has 1 aromatic carbocycles. The first-order valence-corrected chi connectivity index (χ1v) is 13.1. The van der Waals surface area contributed by atoms with Crippen LogP contribution in [0.15, 0.2) is 34.4 Å². The number of hydrogen-bond donors (Lipinski definition) is 2. The Morgan fingerprint density at radius 3 is 2.80 bits per heavy atom. The molecule has 0 aliphatic carbocycles. The number of fused-ring (bicyclic) bond motifs is 2. The number of aromatic nitrogens is 1. The second-order valence-corrected chi connectivity index (χ2v) is 11.3. The molecule has 0 spiro atoms. The van der Waals surface area contributed by atoms with E-state index in [1.54, 1.807) is 34.5 Å². The number of carbonyl (C=O) groups is 1. The average molecular weight is 506 g/mol. The molecule has 8 nitrogen and oxygen atoms in total. The van der Waals surface area contributed by atoms with Crippen LogP contribution in [-0.2, 0) is 21.5 Å². The lowest BCUT2D eigenvalue weighted by atomic mass is 10.3. The Morgan fingerprint density at radius 1 is 1.37 bits per heavy atom. The highest BCUT2D eigenvalue weighted by Crippen LogP contribution is 2.42. The molecule has 0 bridgehead atoms. The van der Waals surface area contributed by atoms with Crippen LogP contribution in [0, 0.1) is 0 Å². The Morgan fingerprint density at radius 2 is 2.13 bits per heavy atom. The molecule has 0 unspecified atom stereocenters. The number of halogens is 1. The van der Waals surface area contributed by atoms with E-state index in [0.717, 1.165) is 13.7 Å². The summed E-state index contributed by atoms with van der Waals surface area (Å²) in [5.41, 5.74) is 0.388.